The summed E-state index contributed by atoms with van der Waals surface area (Å²) in [5.41, 5.74) is 2.54. The molecule has 0 N–H and O–H groups in total. The summed E-state index contributed by atoms with van der Waals surface area (Å²) in [5, 5.41) is 18.9. The number of carbonyl (C=O) groups excluding carboxylic acids is 1. The smallest absolute Gasteiger partial charge is 0.271 e. The van der Waals surface area contributed by atoms with Crippen molar-refractivity contribution >= 4 is 12.0 Å². The molecular weight excluding hydrogens is 272 g/mol. The zero-order valence-electron chi connectivity index (χ0n) is 11.5. The van der Waals surface area contributed by atoms with E-state index in [9.17, 15) is 14.9 Å². The number of aldehydes is 1. The zero-order valence-corrected chi connectivity index (χ0v) is 11.5. The van der Waals surface area contributed by atoms with Gasteiger partial charge < -0.3 is 0 Å². The maximum Gasteiger partial charge on any atom is 0.271 e. The van der Waals surface area contributed by atoms with Crippen molar-refractivity contribution in [3.63, 3.8) is 0 Å². The average Bonchev–Trinajstić information content (AvgIpc) is 2.80. The second kappa shape index (κ2) is 5.08. The van der Waals surface area contributed by atoms with Crippen LogP contribution in [0.5, 0.6) is 0 Å². The first-order valence-corrected chi connectivity index (χ1v) is 6.78. The van der Waals surface area contributed by atoms with Crippen LogP contribution in [0, 0.1) is 17.0 Å². The number of carbonyl (C=O) groups is 1. The van der Waals surface area contributed by atoms with Gasteiger partial charge in [0.1, 0.15) is 5.69 Å². The van der Waals surface area contributed by atoms with E-state index in [1.165, 1.54) is 12.1 Å². The van der Waals surface area contributed by atoms with Gasteiger partial charge in [0, 0.05) is 18.1 Å². The van der Waals surface area contributed by atoms with E-state index in [0.29, 0.717) is 17.7 Å². The van der Waals surface area contributed by atoms with Gasteiger partial charge in [0.05, 0.1) is 16.3 Å². The monoisotopic (exact) mass is 286 g/mol. The second-order valence-corrected chi connectivity index (χ2v) is 5.25. The van der Waals surface area contributed by atoms with Gasteiger partial charge in [-0.1, -0.05) is 17.7 Å². The molecule has 1 fully saturated rings. The van der Waals surface area contributed by atoms with Gasteiger partial charge in [-0.3, -0.25) is 14.9 Å². The molecule has 1 aromatic heterocycles. The van der Waals surface area contributed by atoms with E-state index in [2.05, 4.69) is 10.3 Å². The van der Waals surface area contributed by atoms with E-state index in [0.717, 1.165) is 30.5 Å². The molecule has 0 atom stereocenters. The Morgan fingerprint density at radius 1 is 1.43 bits per heavy atom. The summed E-state index contributed by atoms with van der Waals surface area (Å²) in [5.74, 6) is 0.249. The Balaban J connectivity index is 2.16. The summed E-state index contributed by atoms with van der Waals surface area (Å²) in [6.45, 7) is 1.85. The van der Waals surface area contributed by atoms with Gasteiger partial charge in [-0.15, -0.1) is 5.10 Å². The summed E-state index contributed by atoms with van der Waals surface area (Å²) in [4.78, 5) is 21.7. The van der Waals surface area contributed by atoms with Crippen molar-refractivity contribution in [1.82, 2.24) is 15.0 Å². The third-order valence-corrected chi connectivity index (χ3v) is 3.97. The van der Waals surface area contributed by atoms with Gasteiger partial charge in [0.2, 0.25) is 0 Å². The Morgan fingerprint density at radius 2 is 2.19 bits per heavy atom. The maximum absolute atomic E-state index is 11.2. The first-order valence-electron chi connectivity index (χ1n) is 6.78. The van der Waals surface area contributed by atoms with Crippen molar-refractivity contribution in [3.8, 4) is 5.69 Å². The molecule has 1 heterocycles. The van der Waals surface area contributed by atoms with Gasteiger partial charge in [0.25, 0.3) is 5.69 Å². The van der Waals surface area contributed by atoms with Crippen molar-refractivity contribution in [2.75, 3.05) is 0 Å². The first-order chi connectivity index (χ1) is 10.1. The van der Waals surface area contributed by atoms with Gasteiger partial charge in [-0.25, -0.2) is 4.68 Å². The highest BCUT2D eigenvalue weighted by Crippen LogP contribution is 2.38. The molecule has 0 bridgehead atoms. The van der Waals surface area contributed by atoms with E-state index in [1.807, 2.05) is 6.92 Å². The van der Waals surface area contributed by atoms with Crippen LogP contribution in [0.1, 0.15) is 46.9 Å². The Labute approximate surface area is 120 Å². The van der Waals surface area contributed by atoms with E-state index >= 15 is 0 Å². The van der Waals surface area contributed by atoms with E-state index in [4.69, 9.17) is 0 Å². The summed E-state index contributed by atoms with van der Waals surface area (Å²) in [6, 6.07) is 4.61. The molecule has 2 aromatic rings. The predicted molar refractivity (Wildman–Crippen MR) is 74.7 cm³/mol. The number of nitrogens with zero attached hydrogens (tertiary/aromatic N) is 4. The van der Waals surface area contributed by atoms with Crippen LogP contribution in [0.3, 0.4) is 0 Å². The quantitative estimate of drug-likeness (QED) is 0.489. The third-order valence-electron chi connectivity index (χ3n) is 3.97. The van der Waals surface area contributed by atoms with Crippen LogP contribution < -0.4 is 0 Å². The van der Waals surface area contributed by atoms with Crippen LogP contribution in [0.15, 0.2) is 18.2 Å². The van der Waals surface area contributed by atoms with Gasteiger partial charge >= 0.3 is 0 Å². The zero-order chi connectivity index (χ0) is 15.0. The molecule has 1 aromatic carbocycles. The fourth-order valence-electron chi connectivity index (χ4n) is 2.57. The van der Waals surface area contributed by atoms with Crippen LogP contribution in [0.4, 0.5) is 5.69 Å². The molecule has 0 unspecified atom stereocenters. The lowest BCUT2D eigenvalue weighted by Gasteiger charge is -2.26. The fourth-order valence-corrected chi connectivity index (χ4v) is 2.57. The summed E-state index contributed by atoms with van der Waals surface area (Å²) < 4.78 is 1.58. The van der Waals surface area contributed by atoms with Gasteiger partial charge in [-0.05, 0) is 25.3 Å². The Hall–Kier alpha value is -2.57. The molecule has 1 aliphatic rings. The molecular formula is C14H14N4O3. The van der Waals surface area contributed by atoms with Gasteiger partial charge in [0.15, 0.2) is 6.29 Å². The molecule has 3 rings (SSSR count). The van der Waals surface area contributed by atoms with E-state index in [-0.39, 0.29) is 11.6 Å². The Morgan fingerprint density at radius 3 is 2.76 bits per heavy atom. The number of benzene rings is 1. The minimum Gasteiger partial charge on any atom is -0.296 e. The van der Waals surface area contributed by atoms with Crippen molar-refractivity contribution in [2.24, 2.45) is 0 Å². The molecule has 0 saturated heterocycles. The lowest BCUT2D eigenvalue weighted by atomic mass is 9.82. The molecule has 7 nitrogen and oxygen atoms in total. The average molecular weight is 286 g/mol. The topological polar surface area (TPSA) is 90.9 Å². The number of aryl methyl sites for hydroxylation is 1. The first kappa shape index (κ1) is 13.4. The number of rotatable bonds is 4. The summed E-state index contributed by atoms with van der Waals surface area (Å²) >= 11 is 0. The Kier molecular flexibility index (Phi) is 3.25. The lowest BCUT2D eigenvalue weighted by molar-refractivity contribution is -0.384. The standard InChI is InChI=1S/C14H14N4O3/c1-9-5-6-11(18(20)21)7-13(9)17-14(10-3-2-4-10)12(8-19)15-16-17/h5-8,10H,2-4H2,1H3. The molecule has 108 valence electrons. The van der Waals surface area contributed by atoms with E-state index < -0.39 is 4.92 Å². The number of non-ortho nitro benzene ring substituents is 1. The second-order valence-electron chi connectivity index (χ2n) is 5.25. The maximum atomic E-state index is 11.2. The Bertz CT molecular complexity index is 719. The number of nitro groups is 1. The minimum absolute atomic E-state index is 0.00156. The fraction of sp³-hybridized carbons (Fsp3) is 0.357. The summed E-state index contributed by atoms with van der Waals surface area (Å²) in [6.07, 6.45) is 3.79. The largest absolute Gasteiger partial charge is 0.296 e. The van der Waals surface area contributed by atoms with Crippen molar-refractivity contribution in [2.45, 2.75) is 32.1 Å². The van der Waals surface area contributed by atoms with Crippen LogP contribution >= 0.6 is 0 Å². The van der Waals surface area contributed by atoms with Crippen molar-refractivity contribution in [3.05, 3.63) is 45.3 Å². The van der Waals surface area contributed by atoms with Gasteiger partial charge in [-0.2, -0.15) is 0 Å². The van der Waals surface area contributed by atoms with Crippen LogP contribution in [-0.2, 0) is 0 Å². The van der Waals surface area contributed by atoms with Crippen LogP contribution in [0.25, 0.3) is 5.69 Å². The molecule has 0 spiro atoms. The highest BCUT2D eigenvalue weighted by molar-refractivity contribution is 5.74. The molecule has 21 heavy (non-hydrogen) atoms. The highest BCUT2D eigenvalue weighted by atomic mass is 16.6. The normalized spacial score (nSPS) is 14.7. The van der Waals surface area contributed by atoms with Crippen LogP contribution in [0.2, 0.25) is 0 Å². The van der Waals surface area contributed by atoms with E-state index in [1.54, 1.807) is 10.7 Å². The molecule has 1 aliphatic carbocycles. The summed E-state index contributed by atoms with van der Waals surface area (Å²) in [7, 11) is 0. The molecule has 0 amide bonds. The minimum atomic E-state index is -0.441. The third kappa shape index (κ3) is 2.20. The number of hydrogen-bond acceptors (Lipinski definition) is 5. The van der Waals surface area contributed by atoms with Crippen LogP contribution in [-0.4, -0.2) is 26.2 Å². The SMILES string of the molecule is Cc1ccc([N+](=O)[O-])cc1-n1nnc(C=O)c1C1CCC1. The number of aromatic nitrogens is 3. The lowest BCUT2D eigenvalue weighted by Crippen LogP contribution is -2.16. The molecule has 7 heteroatoms. The molecule has 1 saturated carbocycles. The molecule has 0 aliphatic heterocycles. The highest BCUT2D eigenvalue weighted by Gasteiger charge is 2.29. The van der Waals surface area contributed by atoms with Crippen molar-refractivity contribution < 1.29 is 9.72 Å². The number of nitro benzene ring substituents is 1. The molecule has 0 radical (unpaired) electrons. The number of hydrogen-bond donors (Lipinski definition) is 0. The van der Waals surface area contributed by atoms with Crippen molar-refractivity contribution in [1.29, 1.82) is 0 Å². The predicted octanol–water partition coefficient (Wildman–Crippen LogP) is 2.56.